The van der Waals surface area contributed by atoms with Crippen LogP contribution in [0.25, 0.3) is 10.9 Å². The van der Waals surface area contributed by atoms with Gasteiger partial charge in [0.2, 0.25) is 0 Å². The highest BCUT2D eigenvalue weighted by Crippen LogP contribution is 2.36. The van der Waals surface area contributed by atoms with Crippen LogP contribution in [-0.4, -0.2) is 77.4 Å². The number of rotatable bonds is 5. The van der Waals surface area contributed by atoms with Crippen molar-refractivity contribution in [1.29, 1.82) is 0 Å². The first-order valence-electron chi connectivity index (χ1n) is 12.7. The number of carbonyl (C=O) groups is 1. The molecule has 0 spiro atoms. The first-order valence-corrected chi connectivity index (χ1v) is 13.1. The van der Waals surface area contributed by atoms with Crippen molar-refractivity contribution in [3.05, 3.63) is 47.5 Å². The Balaban J connectivity index is 1.29. The predicted molar refractivity (Wildman–Crippen MR) is 143 cm³/mol. The molecule has 202 valence electrons. The lowest BCUT2D eigenvalue weighted by molar-refractivity contribution is -0.0593. The highest BCUT2D eigenvalue weighted by atomic mass is 35.5. The Hall–Kier alpha value is -3.37. The van der Waals surface area contributed by atoms with Crippen LogP contribution in [0.1, 0.15) is 26.7 Å². The van der Waals surface area contributed by atoms with Gasteiger partial charge in [0.15, 0.2) is 11.5 Å². The number of halogens is 2. The molecular weight excluding hydrogens is 513 g/mol. The molecular formula is C27H31ClFN5O4. The maximum Gasteiger partial charge on any atom is 0.320 e. The van der Waals surface area contributed by atoms with E-state index in [0.29, 0.717) is 72.9 Å². The van der Waals surface area contributed by atoms with Gasteiger partial charge in [0.25, 0.3) is 0 Å². The zero-order valence-corrected chi connectivity index (χ0v) is 22.4. The van der Waals surface area contributed by atoms with Crippen LogP contribution >= 0.6 is 11.6 Å². The van der Waals surface area contributed by atoms with E-state index in [1.165, 1.54) is 18.5 Å². The van der Waals surface area contributed by atoms with Crippen LogP contribution in [0.3, 0.4) is 0 Å². The van der Waals surface area contributed by atoms with Crippen molar-refractivity contribution in [2.24, 2.45) is 0 Å². The highest BCUT2D eigenvalue weighted by molar-refractivity contribution is 6.31. The molecule has 2 aliphatic heterocycles. The van der Waals surface area contributed by atoms with Crippen LogP contribution in [0.5, 0.6) is 11.5 Å². The summed E-state index contributed by atoms with van der Waals surface area (Å²) in [7, 11) is 1.58. The third kappa shape index (κ3) is 5.71. The Morgan fingerprint density at radius 2 is 1.82 bits per heavy atom. The second kappa shape index (κ2) is 11.2. The largest absolute Gasteiger partial charge is 0.493 e. The van der Waals surface area contributed by atoms with Gasteiger partial charge in [0.05, 0.1) is 29.9 Å². The minimum Gasteiger partial charge on any atom is -0.493 e. The van der Waals surface area contributed by atoms with Gasteiger partial charge in [-0.1, -0.05) is 11.6 Å². The average molecular weight is 544 g/mol. The molecule has 1 aromatic heterocycles. The van der Waals surface area contributed by atoms with E-state index in [-0.39, 0.29) is 29.4 Å². The number of anilines is 2. The molecule has 0 saturated carbocycles. The molecule has 1 N–H and O–H groups in total. The molecule has 38 heavy (non-hydrogen) atoms. The van der Waals surface area contributed by atoms with Crippen LogP contribution in [0.2, 0.25) is 5.02 Å². The first kappa shape index (κ1) is 26.2. The van der Waals surface area contributed by atoms with Gasteiger partial charge < -0.3 is 29.3 Å². The summed E-state index contributed by atoms with van der Waals surface area (Å²) in [6.07, 6.45) is 2.84. The summed E-state index contributed by atoms with van der Waals surface area (Å²) in [4.78, 5) is 25.6. The number of piperidine rings is 1. The standard InChI is InChI=1S/C27H31ClFN5O4/c1-16-13-34(14-17(2)37-16)27(35)33-8-6-19(7-9-33)38-25-11-20-23(12-24(25)36-3)30-15-31-26(20)32-18-4-5-22(29)21(28)10-18/h4-5,10-12,15-17,19H,6-9,13-14H2,1-3H3,(H,30,31,32). The monoisotopic (exact) mass is 543 g/mol. The molecule has 2 amide bonds. The van der Waals surface area contributed by atoms with Gasteiger partial charge in [0, 0.05) is 56.2 Å². The fourth-order valence-electron chi connectivity index (χ4n) is 5.00. The lowest BCUT2D eigenvalue weighted by Crippen LogP contribution is -2.54. The summed E-state index contributed by atoms with van der Waals surface area (Å²) in [5.41, 5.74) is 1.25. The van der Waals surface area contributed by atoms with Crippen LogP contribution < -0.4 is 14.8 Å². The van der Waals surface area contributed by atoms with Crippen molar-refractivity contribution in [1.82, 2.24) is 19.8 Å². The summed E-state index contributed by atoms with van der Waals surface area (Å²) >= 11 is 5.94. The quantitative estimate of drug-likeness (QED) is 0.470. The summed E-state index contributed by atoms with van der Waals surface area (Å²) in [6.45, 7) is 6.43. The van der Waals surface area contributed by atoms with Crippen molar-refractivity contribution in [3.8, 4) is 11.5 Å². The van der Waals surface area contributed by atoms with Crippen LogP contribution in [0, 0.1) is 5.82 Å². The van der Waals surface area contributed by atoms with Gasteiger partial charge in [0.1, 0.15) is 24.1 Å². The Labute approximate surface area is 225 Å². The molecule has 2 aliphatic rings. The van der Waals surface area contributed by atoms with Gasteiger partial charge in [-0.2, -0.15) is 0 Å². The molecule has 2 aromatic carbocycles. The van der Waals surface area contributed by atoms with Gasteiger partial charge in [-0.15, -0.1) is 0 Å². The predicted octanol–water partition coefficient (Wildman–Crippen LogP) is 5.25. The minimum absolute atomic E-state index is 0.0153. The molecule has 2 saturated heterocycles. The molecule has 2 fully saturated rings. The zero-order valence-electron chi connectivity index (χ0n) is 21.6. The molecule has 3 aromatic rings. The zero-order chi connectivity index (χ0) is 26.8. The van der Waals surface area contributed by atoms with E-state index >= 15 is 0 Å². The molecule has 5 rings (SSSR count). The highest BCUT2D eigenvalue weighted by Gasteiger charge is 2.32. The third-order valence-electron chi connectivity index (χ3n) is 6.80. The molecule has 2 atom stereocenters. The van der Waals surface area contributed by atoms with Crippen molar-refractivity contribution in [2.75, 3.05) is 38.6 Å². The second-order valence-corrected chi connectivity index (χ2v) is 10.2. The fraction of sp³-hybridized carbons (Fsp3) is 0.444. The molecule has 2 unspecified atom stereocenters. The maximum absolute atomic E-state index is 13.6. The second-order valence-electron chi connectivity index (χ2n) is 9.75. The van der Waals surface area contributed by atoms with Crippen molar-refractivity contribution in [3.63, 3.8) is 0 Å². The van der Waals surface area contributed by atoms with Gasteiger partial charge >= 0.3 is 6.03 Å². The molecule has 3 heterocycles. The lowest BCUT2D eigenvalue weighted by atomic mass is 10.1. The number of nitrogens with one attached hydrogen (secondary N) is 1. The number of hydrogen-bond donors (Lipinski definition) is 1. The van der Waals surface area contributed by atoms with E-state index < -0.39 is 5.82 Å². The van der Waals surface area contributed by atoms with Crippen molar-refractivity contribution in [2.45, 2.75) is 45.0 Å². The number of nitrogens with zero attached hydrogens (tertiary/aromatic N) is 4. The number of urea groups is 1. The van der Waals surface area contributed by atoms with E-state index in [4.69, 9.17) is 25.8 Å². The summed E-state index contributed by atoms with van der Waals surface area (Å²) < 4.78 is 31.3. The number of likely N-dealkylation sites (tertiary alicyclic amines) is 1. The molecule has 0 bridgehead atoms. The number of methoxy groups -OCH3 is 1. The fourth-order valence-corrected chi connectivity index (χ4v) is 5.18. The maximum atomic E-state index is 13.6. The van der Waals surface area contributed by atoms with E-state index in [0.717, 1.165) is 0 Å². The number of fused-ring (bicyclic) bond motifs is 1. The smallest absolute Gasteiger partial charge is 0.320 e. The van der Waals surface area contributed by atoms with Crippen molar-refractivity contribution < 1.29 is 23.4 Å². The number of morpholine rings is 1. The number of benzene rings is 2. The number of carbonyl (C=O) groups excluding carboxylic acids is 1. The van der Waals surface area contributed by atoms with Crippen LogP contribution in [-0.2, 0) is 4.74 Å². The van der Waals surface area contributed by atoms with Crippen LogP contribution in [0.4, 0.5) is 20.7 Å². The third-order valence-corrected chi connectivity index (χ3v) is 7.09. The lowest BCUT2D eigenvalue weighted by Gasteiger charge is -2.40. The van der Waals surface area contributed by atoms with Crippen molar-refractivity contribution >= 4 is 40.0 Å². The van der Waals surface area contributed by atoms with Gasteiger partial charge in [-0.25, -0.2) is 19.2 Å². The Kier molecular flexibility index (Phi) is 7.71. The summed E-state index contributed by atoms with van der Waals surface area (Å²) in [5.74, 6) is 1.16. The molecule has 9 nitrogen and oxygen atoms in total. The first-order chi connectivity index (χ1) is 18.3. The SMILES string of the molecule is COc1cc2ncnc(Nc3ccc(F)c(Cl)c3)c2cc1OC1CCN(C(=O)N2CC(C)OC(C)C2)CC1. The molecule has 11 heteroatoms. The van der Waals surface area contributed by atoms with Gasteiger partial charge in [-0.05, 0) is 38.1 Å². The Bertz CT molecular complexity index is 1310. The number of ether oxygens (including phenoxy) is 3. The average Bonchev–Trinajstić information content (AvgIpc) is 2.90. The molecule has 0 radical (unpaired) electrons. The van der Waals surface area contributed by atoms with Gasteiger partial charge in [-0.3, -0.25) is 0 Å². The van der Waals surface area contributed by atoms with E-state index in [1.54, 1.807) is 19.2 Å². The van der Waals surface area contributed by atoms with E-state index in [1.807, 2.05) is 29.7 Å². The Morgan fingerprint density at radius 3 is 2.50 bits per heavy atom. The summed E-state index contributed by atoms with van der Waals surface area (Å²) in [5, 5.41) is 3.91. The normalized spacial score (nSPS) is 20.4. The number of amides is 2. The number of aromatic nitrogens is 2. The van der Waals surface area contributed by atoms with Crippen LogP contribution in [0.15, 0.2) is 36.7 Å². The Morgan fingerprint density at radius 1 is 1.08 bits per heavy atom. The van der Waals surface area contributed by atoms with E-state index in [2.05, 4.69) is 15.3 Å². The molecule has 0 aliphatic carbocycles. The summed E-state index contributed by atoms with van der Waals surface area (Å²) in [6, 6.07) is 8.08. The minimum atomic E-state index is -0.494. The number of hydrogen-bond acceptors (Lipinski definition) is 7. The topological polar surface area (TPSA) is 89.1 Å². The van der Waals surface area contributed by atoms with E-state index in [9.17, 15) is 9.18 Å².